The van der Waals surface area contributed by atoms with E-state index < -0.39 is 11.7 Å². The molecule has 0 bridgehead atoms. The second-order valence-corrected chi connectivity index (χ2v) is 8.48. The lowest BCUT2D eigenvalue weighted by molar-refractivity contribution is -0.137. The van der Waals surface area contributed by atoms with Crippen molar-refractivity contribution >= 4 is 34.4 Å². The summed E-state index contributed by atoms with van der Waals surface area (Å²) in [6.07, 6.45) is -1.02. The van der Waals surface area contributed by atoms with Gasteiger partial charge in [0.05, 0.1) is 22.5 Å². The van der Waals surface area contributed by atoms with E-state index in [1.54, 1.807) is 36.5 Å². The summed E-state index contributed by atoms with van der Waals surface area (Å²) >= 11 is 0. The van der Waals surface area contributed by atoms with Gasteiger partial charge in [-0.05, 0) is 61.9 Å². The lowest BCUT2D eigenvalue weighted by Crippen LogP contribution is -2.37. The first-order valence-corrected chi connectivity index (χ1v) is 11.4. The molecule has 1 aliphatic rings. The average Bonchev–Trinajstić information content (AvgIpc) is 3.26. The number of hydrogen-bond donors (Lipinski definition) is 4. The van der Waals surface area contributed by atoms with E-state index in [1.165, 1.54) is 12.1 Å². The van der Waals surface area contributed by atoms with Crippen LogP contribution in [0.15, 0.2) is 60.8 Å². The predicted molar refractivity (Wildman–Crippen MR) is 129 cm³/mol. The number of anilines is 3. The number of pyridine rings is 1. The maximum absolute atomic E-state index is 12.8. The first-order valence-electron chi connectivity index (χ1n) is 11.4. The van der Waals surface area contributed by atoms with Crippen LogP contribution in [0.5, 0.6) is 11.5 Å². The third-order valence-electron chi connectivity index (χ3n) is 5.81. The van der Waals surface area contributed by atoms with Gasteiger partial charge < -0.3 is 25.7 Å². The van der Waals surface area contributed by atoms with Crippen LogP contribution in [-0.2, 0) is 11.0 Å². The minimum Gasteiger partial charge on any atom is -0.457 e. The Morgan fingerprint density at radius 3 is 2.61 bits per heavy atom. The van der Waals surface area contributed by atoms with Gasteiger partial charge in [0.25, 0.3) is 0 Å². The van der Waals surface area contributed by atoms with Crippen LogP contribution < -0.4 is 20.7 Å². The molecule has 5 rings (SSSR count). The molecule has 0 spiro atoms. The molecule has 36 heavy (non-hydrogen) atoms. The van der Waals surface area contributed by atoms with E-state index >= 15 is 0 Å². The third kappa shape index (κ3) is 5.57. The number of hydrogen-bond acceptors (Lipinski definition) is 6. The van der Waals surface area contributed by atoms with Gasteiger partial charge in [-0.2, -0.15) is 13.2 Å². The Kier molecular flexibility index (Phi) is 6.47. The summed E-state index contributed by atoms with van der Waals surface area (Å²) in [7, 11) is 0. The fraction of sp³-hybridized carbons (Fsp3) is 0.240. The van der Waals surface area contributed by atoms with Crippen LogP contribution in [0.25, 0.3) is 11.0 Å². The Morgan fingerprint density at radius 2 is 1.86 bits per heavy atom. The molecule has 11 heteroatoms. The van der Waals surface area contributed by atoms with Crippen LogP contribution in [0.4, 0.5) is 30.6 Å². The van der Waals surface area contributed by atoms with Crippen LogP contribution in [0.3, 0.4) is 0 Å². The standard InChI is InChI=1S/C25H23F3N6O2/c26-25(27,28)16-3-5-17(6-4-16)31-24-32-20-8-7-18(12-21(20)33-24)36-19-9-11-30-22(13-19)34-23(35)15-2-1-10-29-14-15/h3-9,11-13,15,29H,1-2,10,14H2,(H,30,34,35)(H2,31,32,33). The molecule has 2 aromatic carbocycles. The first-order chi connectivity index (χ1) is 17.3. The number of benzene rings is 2. The molecule has 2 aromatic heterocycles. The molecule has 186 valence electrons. The number of ether oxygens (including phenoxy) is 1. The SMILES string of the molecule is O=C(Nc1cc(Oc2ccc3nc(Nc4ccc(C(F)(F)F)cc4)[nH]c3c2)ccn1)C1CCCNC1. The number of amides is 1. The van der Waals surface area contributed by atoms with Gasteiger partial charge >= 0.3 is 6.18 Å². The van der Waals surface area contributed by atoms with Crippen molar-refractivity contribution in [1.29, 1.82) is 0 Å². The van der Waals surface area contributed by atoms with E-state index in [9.17, 15) is 18.0 Å². The molecule has 4 N–H and O–H groups in total. The Balaban J connectivity index is 1.25. The number of alkyl halides is 3. The van der Waals surface area contributed by atoms with Crippen LogP contribution in [0.1, 0.15) is 18.4 Å². The van der Waals surface area contributed by atoms with Gasteiger partial charge in [0.15, 0.2) is 0 Å². The Bertz CT molecular complexity index is 1360. The second-order valence-electron chi connectivity index (χ2n) is 8.48. The van der Waals surface area contributed by atoms with Crippen molar-refractivity contribution in [2.45, 2.75) is 19.0 Å². The molecule has 0 aliphatic carbocycles. The number of carbonyl (C=O) groups excluding carboxylic acids is 1. The van der Waals surface area contributed by atoms with Crippen molar-refractivity contribution < 1.29 is 22.7 Å². The molecule has 1 aliphatic heterocycles. The first kappa shape index (κ1) is 23.6. The summed E-state index contributed by atoms with van der Waals surface area (Å²) in [4.78, 5) is 24.2. The van der Waals surface area contributed by atoms with Gasteiger partial charge in [0.1, 0.15) is 17.3 Å². The highest BCUT2D eigenvalue weighted by atomic mass is 19.4. The third-order valence-corrected chi connectivity index (χ3v) is 5.81. The monoisotopic (exact) mass is 496 g/mol. The number of piperidine rings is 1. The molecule has 0 radical (unpaired) electrons. The number of halogens is 3. The number of imidazole rings is 1. The molecule has 1 amide bonds. The summed E-state index contributed by atoms with van der Waals surface area (Å²) < 4.78 is 44.2. The molecule has 0 saturated carbocycles. The maximum Gasteiger partial charge on any atom is 0.416 e. The van der Waals surface area contributed by atoms with Crippen molar-refractivity contribution in [3.63, 3.8) is 0 Å². The van der Waals surface area contributed by atoms with E-state index in [-0.39, 0.29) is 11.8 Å². The van der Waals surface area contributed by atoms with Crippen molar-refractivity contribution in [3.05, 3.63) is 66.4 Å². The highest BCUT2D eigenvalue weighted by Crippen LogP contribution is 2.31. The average molecular weight is 496 g/mol. The zero-order chi connectivity index (χ0) is 25.1. The molecule has 8 nitrogen and oxygen atoms in total. The molecule has 1 atom stereocenters. The highest BCUT2D eigenvalue weighted by molar-refractivity contribution is 5.92. The summed E-state index contributed by atoms with van der Waals surface area (Å²) in [6, 6.07) is 13.3. The van der Waals surface area contributed by atoms with Gasteiger partial charge in [-0.3, -0.25) is 4.79 Å². The fourth-order valence-electron chi connectivity index (χ4n) is 3.97. The summed E-state index contributed by atoms with van der Waals surface area (Å²) in [5, 5.41) is 9.04. The van der Waals surface area contributed by atoms with Gasteiger partial charge in [0.2, 0.25) is 11.9 Å². The number of aromatic amines is 1. The van der Waals surface area contributed by atoms with Gasteiger partial charge in [0, 0.05) is 30.6 Å². The second kappa shape index (κ2) is 9.86. The van der Waals surface area contributed by atoms with Crippen molar-refractivity contribution in [2.75, 3.05) is 23.7 Å². The zero-order valence-corrected chi connectivity index (χ0v) is 19.0. The molecule has 1 saturated heterocycles. The molecule has 4 aromatic rings. The predicted octanol–water partition coefficient (Wildman–Crippen LogP) is 5.45. The smallest absolute Gasteiger partial charge is 0.416 e. The lowest BCUT2D eigenvalue weighted by Gasteiger charge is -2.21. The van der Waals surface area contributed by atoms with Gasteiger partial charge in [-0.1, -0.05) is 0 Å². The van der Waals surface area contributed by atoms with Crippen molar-refractivity contribution in [3.8, 4) is 11.5 Å². The zero-order valence-electron chi connectivity index (χ0n) is 19.0. The van der Waals surface area contributed by atoms with Crippen LogP contribution >= 0.6 is 0 Å². The largest absolute Gasteiger partial charge is 0.457 e. The summed E-state index contributed by atoms with van der Waals surface area (Å²) in [5.41, 5.74) is 1.08. The fourth-order valence-corrected chi connectivity index (χ4v) is 3.97. The number of H-pyrrole nitrogens is 1. The minimum atomic E-state index is -4.39. The normalized spacial score (nSPS) is 16.0. The summed E-state index contributed by atoms with van der Waals surface area (Å²) in [6.45, 7) is 1.58. The summed E-state index contributed by atoms with van der Waals surface area (Å²) in [5.74, 6) is 1.68. The van der Waals surface area contributed by atoms with E-state index in [1.807, 2.05) is 0 Å². The quantitative estimate of drug-likeness (QED) is 0.283. The molecular weight excluding hydrogens is 473 g/mol. The van der Waals surface area contributed by atoms with Gasteiger partial charge in [-0.25, -0.2) is 9.97 Å². The molecule has 1 fully saturated rings. The molecule has 3 heterocycles. The van der Waals surface area contributed by atoms with Crippen molar-refractivity contribution in [2.24, 2.45) is 5.92 Å². The van der Waals surface area contributed by atoms with Crippen LogP contribution in [0.2, 0.25) is 0 Å². The lowest BCUT2D eigenvalue weighted by atomic mass is 9.99. The number of aromatic nitrogens is 3. The van der Waals surface area contributed by atoms with E-state index in [0.717, 1.165) is 31.5 Å². The number of carbonyl (C=O) groups is 1. The molecule has 1 unspecified atom stereocenters. The topological polar surface area (TPSA) is 104 Å². The Morgan fingerprint density at radius 1 is 1.06 bits per heavy atom. The van der Waals surface area contributed by atoms with Crippen molar-refractivity contribution in [1.82, 2.24) is 20.3 Å². The van der Waals surface area contributed by atoms with E-state index in [4.69, 9.17) is 4.74 Å². The highest BCUT2D eigenvalue weighted by Gasteiger charge is 2.30. The number of nitrogens with one attached hydrogen (secondary N) is 4. The Labute approximate surface area is 204 Å². The molecular formula is C25H23F3N6O2. The van der Waals surface area contributed by atoms with E-state index in [0.29, 0.717) is 46.5 Å². The number of fused-ring (bicyclic) bond motifs is 1. The number of rotatable bonds is 6. The van der Waals surface area contributed by atoms with Crippen LogP contribution in [0, 0.1) is 5.92 Å². The van der Waals surface area contributed by atoms with Gasteiger partial charge in [-0.15, -0.1) is 0 Å². The van der Waals surface area contributed by atoms with E-state index in [2.05, 4.69) is 30.9 Å². The van der Waals surface area contributed by atoms with Crippen LogP contribution in [-0.4, -0.2) is 33.9 Å². The Hall–Kier alpha value is -4.12. The minimum absolute atomic E-state index is 0.0706. The maximum atomic E-state index is 12.8. The number of nitrogens with zero attached hydrogens (tertiary/aromatic N) is 2.